The summed E-state index contributed by atoms with van der Waals surface area (Å²) in [5, 5.41) is 8.81. The molecule has 3 N–H and O–H groups in total. The van der Waals surface area contributed by atoms with Crippen LogP contribution < -0.4 is 15.2 Å². The smallest absolute Gasteiger partial charge is 0.133 e. The summed E-state index contributed by atoms with van der Waals surface area (Å²) in [5.74, 6) is 1.45. The molecule has 0 amide bonds. The topological polar surface area (TPSA) is 64.7 Å². The Morgan fingerprint density at radius 2 is 1.94 bits per heavy atom. The molecule has 0 fully saturated rings. The van der Waals surface area contributed by atoms with Gasteiger partial charge in [-0.3, -0.25) is 0 Å². The lowest BCUT2D eigenvalue weighted by Crippen LogP contribution is -2.12. The number of halogens is 1. The Morgan fingerprint density at radius 3 is 2.47 bits per heavy atom. The summed E-state index contributed by atoms with van der Waals surface area (Å²) < 4.78 is 11.4. The minimum absolute atomic E-state index is 0.143. The maximum absolute atomic E-state index is 8.81. The van der Waals surface area contributed by atoms with E-state index in [0.717, 1.165) is 21.5 Å². The largest absolute Gasteiger partial charge is 0.496 e. The molecule has 1 rings (SSSR count). The van der Waals surface area contributed by atoms with Gasteiger partial charge in [0.05, 0.1) is 18.7 Å². The summed E-state index contributed by atoms with van der Waals surface area (Å²) in [6, 6.07) is 3.54. The molecule has 0 saturated carbocycles. The Balaban J connectivity index is 3.02. The predicted molar refractivity (Wildman–Crippen MR) is 70.5 cm³/mol. The Morgan fingerprint density at radius 1 is 1.29 bits per heavy atom. The second-order valence-electron chi connectivity index (χ2n) is 3.70. The van der Waals surface area contributed by atoms with Crippen molar-refractivity contribution < 1.29 is 14.6 Å². The molecule has 0 aliphatic rings. The van der Waals surface area contributed by atoms with Crippen LogP contribution in [0.3, 0.4) is 0 Å². The number of benzene rings is 1. The molecular formula is C12H18BrNO3. The lowest BCUT2D eigenvalue weighted by molar-refractivity contribution is 0.279. The number of rotatable bonds is 6. The van der Waals surface area contributed by atoms with E-state index in [1.165, 1.54) is 0 Å². The molecule has 0 aliphatic carbocycles. The van der Waals surface area contributed by atoms with Crippen LogP contribution in [-0.2, 0) is 0 Å². The number of ether oxygens (including phenoxy) is 2. The Bertz CT molecular complexity index is 371. The quantitative estimate of drug-likeness (QED) is 0.846. The van der Waals surface area contributed by atoms with E-state index in [-0.39, 0.29) is 12.6 Å². The first-order valence-electron chi connectivity index (χ1n) is 5.41. The van der Waals surface area contributed by atoms with E-state index >= 15 is 0 Å². The molecular weight excluding hydrogens is 286 g/mol. The highest BCUT2D eigenvalue weighted by Gasteiger charge is 2.15. The Labute approximate surface area is 110 Å². The number of aliphatic hydroxyl groups is 1. The first-order chi connectivity index (χ1) is 8.13. The van der Waals surface area contributed by atoms with E-state index < -0.39 is 0 Å². The van der Waals surface area contributed by atoms with Crippen molar-refractivity contribution in [1.82, 2.24) is 0 Å². The molecule has 0 aromatic heterocycles. The second kappa shape index (κ2) is 6.83. The summed E-state index contributed by atoms with van der Waals surface area (Å²) in [7, 11) is 3.21. The van der Waals surface area contributed by atoms with Gasteiger partial charge in [-0.1, -0.05) is 0 Å². The highest BCUT2D eigenvalue weighted by atomic mass is 79.9. The standard InChI is InChI=1S/C12H18BrNO3/c1-16-11-7-9(13)12(17-2)6-8(11)10(14)4-3-5-15/h6-7,10,15H,3-5,14H2,1-2H3/t10-/m1/s1. The van der Waals surface area contributed by atoms with E-state index in [1.54, 1.807) is 14.2 Å². The van der Waals surface area contributed by atoms with Crippen molar-refractivity contribution in [3.05, 3.63) is 22.2 Å². The number of nitrogens with two attached hydrogens (primary N) is 1. The third-order valence-electron chi connectivity index (χ3n) is 2.58. The van der Waals surface area contributed by atoms with E-state index in [0.29, 0.717) is 12.8 Å². The second-order valence-corrected chi connectivity index (χ2v) is 4.56. The van der Waals surface area contributed by atoms with Crippen molar-refractivity contribution in [2.24, 2.45) is 5.73 Å². The summed E-state index contributed by atoms with van der Waals surface area (Å²) in [6.45, 7) is 0.143. The number of hydrogen-bond acceptors (Lipinski definition) is 4. The molecule has 0 radical (unpaired) electrons. The summed E-state index contributed by atoms with van der Waals surface area (Å²) in [5.41, 5.74) is 6.96. The van der Waals surface area contributed by atoms with E-state index in [9.17, 15) is 0 Å². The molecule has 0 unspecified atom stereocenters. The normalized spacial score (nSPS) is 12.3. The van der Waals surface area contributed by atoms with Gasteiger partial charge in [0.25, 0.3) is 0 Å². The van der Waals surface area contributed by atoms with Gasteiger partial charge in [0.2, 0.25) is 0 Å². The van der Waals surface area contributed by atoms with Gasteiger partial charge in [-0.15, -0.1) is 0 Å². The fraction of sp³-hybridized carbons (Fsp3) is 0.500. The summed E-state index contributed by atoms with van der Waals surface area (Å²) in [4.78, 5) is 0. The van der Waals surface area contributed by atoms with Gasteiger partial charge in [-0.05, 0) is 40.9 Å². The molecule has 96 valence electrons. The van der Waals surface area contributed by atoms with E-state index in [2.05, 4.69) is 15.9 Å². The van der Waals surface area contributed by atoms with Crippen molar-refractivity contribution in [3.63, 3.8) is 0 Å². The van der Waals surface area contributed by atoms with Crippen LogP contribution in [0.2, 0.25) is 0 Å². The zero-order valence-corrected chi connectivity index (χ0v) is 11.7. The Hall–Kier alpha value is -0.780. The summed E-state index contributed by atoms with van der Waals surface area (Å²) >= 11 is 3.40. The highest BCUT2D eigenvalue weighted by molar-refractivity contribution is 9.10. The fourth-order valence-corrected chi connectivity index (χ4v) is 2.12. The predicted octanol–water partition coefficient (Wildman–Crippen LogP) is 2.24. The lowest BCUT2D eigenvalue weighted by Gasteiger charge is -2.17. The number of hydrogen-bond donors (Lipinski definition) is 2. The Kier molecular flexibility index (Phi) is 5.74. The van der Waals surface area contributed by atoms with Crippen LogP contribution in [-0.4, -0.2) is 25.9 Å². The van der Waals surface area contributed by atoms with Crippen LogP contribution in [0.4, 0.5) is 0 Å². The average molecular weight is 304 g/mol. The van der Waals surface area contributed by atoms with Gasteiger partial charge in [-0.2, -0.15) is 0 Å². The van der Waals surface area contributed by atoms with Crippen molar-refractivity contribution in [3.8, 4) is 11.5 Å². The third kappa shape index (κ3) is 3.59. The molecule has 1 aromatic rings. The van der Waals surface area contributed by atoms with Crippen molar-refractivity contribution in [1.29, 1.82) is 0 Å². The molecule has 4 nitrogen and oxygen atoms in total. The number of methoxy groups -OCH3 is 2. The van der Waals surface area contributed by atoms with Gasteiger partial charge in [-0.25, -0.2) is 0 Å². The lowest BCUT2D eigenvalue weighted by atomic mass is 10.0. The molecule has 0 heterocycles. The highest BCUT2D eigenvalue weighted by Crippen LogP contribution is 2.36. The minimum Gasteiger partial charge on any atom is -0.496 e. The monoisotopic (exact) mass is 303 g/mol. The molecule has 0 saturated heterocycles. The zero-order valence-electron chi connectivity index (χ0n) is 10.1. The molecule has 0 aliphatic heterocycles. The van der Waals surface area contributed by atoms with Crippen LogP contribution in [0.15, 0.2) is 16.6 Å². The SMILES string of the molecule is COc1cc([C@H](N)CCCO)c(OC)cc1Br. The van der Waals surface area contributed by atoms with Crippen LogP contribution in [0.25, 0.3) is 0 Å². The molecule has 0 bridgehead atoms. The van der Waals surface area contributed by atoms with Crippen LogP contribution in [0.1, 0.15) is 24.4 Å². The van der Waals surface area contributed by atoms with Crippen LogP contribution in [0, 0.1) is 0 Å². The molecule has 5 heteroatoms. The van der Waals surface area contributed by atoms with Gasteiger partial charge in [0.15, 0.2) is 0 Å². The third-order valence-corrected chi connectivity index (χ3v) is 3.20. The average Bonchev–Trinajstić information content (AvgIpc) is 2.35. The van der Waals surface area contributed by atoms with Gasteiger partial charge in [0.1, 0.15) is 11.5 Å². The zero-order chi connectivity index (χ0) is 12.8. The van der Waals surface area contributed by atoms with E-state index in [4.69, 9.17) is 20.3 Å². The fourth-order valence-electron chi connectivity index (χ4n) is 1.64. The molecule has 17 heavy (non-hydrogen) atoms. The first kappa shape index (κ1) is 14.3. The van der Waals surface area contributed by atoms with Crippen molar-refractivity contribution in [2.75, 3.05) is 20.8 Å². The number of aliphatic hydroxyl groups excluding tert-OH is 1. The van der Waals surface area contributed by atoms with Crippen molar-refractivity contribution in [2.45, 2.75) is 18.9 Å². The molecule has 1 aromatic carbocycles. The van der Waals surface area contributed by atoms with Crippen molar-refractivity contribution >= 4 is 15.9 Å². The van der Waals surface area contributed by atoms with E-state index in [1.807, 2.05) is 12.1 Å². The maximum Gasteiger partial charge on any atom is 0.133 e. The van der Waals surface area contributed by atoms with Crippen LogP contribution in [0.5, 0.6) is 11.5 Å². The molecule has 0 spiro atoms. The van der Waals surface area contributed by atoms with Gasteiger partial charge < -0.3 is 20.3 Å². The summed E-state index contributed by atoms with van der Waals surface area (Å²) in [6.07, 6.45) is 1.38. The van der Waals surface area contributed by atoms with Gasteiger partial charge >= 0.3 is 0 Å². The van der Waals surface area contributed by atoms with Crippen LogP contribution >= 0.6 is 15.9 Å². The van der Waals surface area contributed by atoms with Gasteiger partial charge in [0, 0.05) is 18.2 Å². The maximum atomic E-state index is 8.81. The molecule has 1 atom stereocenters. The minimum atomic E-state index is -0.168. The first-order valence-corrected chi connectivity index (χ1v) is 6.21.